The lowest BCUT2D eigenvalue weighted by atomic mass is 9.46. The largest absolute Gasteiger partial charge is 0.481 e. The molecule has 4 fully saturated rings. The lowest BCUT2D eigenvalue weighted by Gasteiger charge is -2.63. The molecule has 0 radical (unpaired) electrons. The van der Waals surface area contributed by atoms with Crippen LogP contribution in [0.5, 0.6) is 0 Å². The Hall–Kier alpha value is -1.06. The number of hydrogen-bond acceptors (Lipinski definition) is 3. The summed E-state index contributed by atoms with van der Waals surface area (Å²) in [6, 6.07) is 0. The van der Waals surface area contributed by atoms with Crippen LogP contribution in [0.4, 0.5) is 0 Å². The van der Waals surface area contributed by atoms with Gasteiger partial charge < -0.3 is 9.84 Å². The zero-order valence-corrected chi connectivity index (χ0v) is 14.4. The molecule has 3 aliphatic carbocycles. The summed E-state index contributed by atoms with van der Waals surface area (Å²) in [6.07, 6.45) is 6.32. The van der Waals surface area contributed by atoms with Crippen molar-refractivity contribution in [3.05, 3.63) is 0 Å². The van der Waals surface area contributed by atoms with E-state index in [1.165, 1.54) is 12.8 Å². The van der Waals surface area contributed by atoms with Crippen molar-refractivity contribution in [2.45, 2.75) is 71.3 Å². The van der Waals surface area contributed by atoms with Gasteiger partial charge in [0.2, 0.25) is 0 Å². The van der Waals surface area contributed by atoms with E-state index >= 15 is 0 Å². The Labute approximate surface area is 138 Å². The Morgan fingerprint density at radius 1 is 1.13 bits per heavy atom. The van der Waals surface area contributed by atoms with Crippen molar-refractivity contribution in [3.8, 4) is 0 Å². The molecule has 23 heavy (non-hydrogen) atoms. The number of rotatable bonds is 1. The molecule has 0 aromatic rings. The molecule has 1 N–H and O–H groups in total. The van der Waals surface area contributed by atoms with Gasteiger partial charge in [0, 0.05) is 11.8 Å². The summed E-state index contributed by atoms with van der Waals surface area (Å²) in [6.45, 7) is 6.95. The van der Waals surface area contributed by atoms with E-state index in [0.717, 1.165) is 25.7 Å². The highest BCUT2D eigenvalue weighted by Crippen LogP contribution is 2.68. The van der Waals surface area contributed by atoms with E-state index in [9.17, 15) is 14.7 Å². The van der Waals surface area contributed by atoms with Gasteiger partial charge in [-0.25, -0.2) is 0 Å². The maximum absolute atomic E-state index is 12.3. The molecule has 1 heterocycles. The fraction of sp³-hybridized carbons (Fsp3) is 0.895. The number of carbonyl (C=O) groups is 2. The lowest BCUT2D eigenvalue weighted by Crippen LogP contribution is -2.65. The number of aliphatic carboxylic acids is 1. The molecule has 0 aromatic carbocycles. The van der Waals surface area contributed by atoms with Crippen molar-refractivity contribution in [1.29, 1.82) is 0 Å². The summed E-state index contributed by atoms with van der Waals surface area (Å²) in [5.41, 5.74) is -0.0208. The summed E-state index contributed by atoms with van der Waals surface area (Å²) in [7, 11) is 0. The van der Waals surface area contributed by atoms with Crippen LogP contribution in [0.2, 0.25) is 0 Å². The van der Waals surface area contributed by atoms with Gasteiger partial charge in [0.1, 0.15) is 5.60 Å². The van der Waals surface area contributed by atoms with Crippen LogP contribution in [0, 0.1) is 34.5 Å². The third-order valence-corrected chi connectivity index (χ3v) is 7.80. The molecule has 1 aliphatic heterocycles. The number of fused-ring (bicyclic) bond motifs is 2. The predicted molar refractivity (Wildman–Crippen MR) is 84.6 cm³/mol. The molecule has 2 bridgehead atoms. The average molecular weight is 320 g/mol. The first-order chi connectivity index (χ1) is 10.7. The van der Waals surface area contributed by atoms with Gasteiger partial charge in [0.15, 0.2) is 0 Å². The summed E-state index contributed by atoms with van der Waals surface area (Å²) < 4.78 is 6.10. The number of esters is 1. The van der Waals surface area contributed by atoms with Crippen LogP contribution in [0.15, 0.2) is 0 Å². The molecular weight excluding hydrogens is 292 g/mol. The van der Waals surface area contributed by atoms with Crippen LogP contribution in [-0.2, 0) is 14.3 Å². The Morgan fingerprint density at radius 3 is 2.39 bits per heavy atom. The highest BCUT2D eigenvalue weighted by atomic mass is 16.6. The van der Waals surface area contributed by atoms with E-state index in [-0.39, 0.29) is 23.7 Å². The van der Waals surface area contributed by atoms with Crippen LogP contribution in [0.1, 0.15) is 65.7 Å². The van der Waals surface area contributed by atoms with Crippen LogP contribution in [0.25, 0.3) is 0 Å². The van der Waals surface area contributed by atoms with Crippen LogP contribution in [-0.4, -0.2) is 22.6 Å². The van der Waals surface area contributed by atoms with Gasteiger partial charge in [-0.1, -0.05) is 20.8 Å². The maximum atomic E-state index is 12.3. The number of carboxylic acids is 1. The third kappa shape index (κ3) is 2.02. The van der Waals surface area contributed by atoms with Gasteiger partial charge >= 0.3 is 11.9 Å². The molecule has 0 aromatic heterocycles. The van der Waals surface area contributed by atoms with Crippen molar-refractivity contribution in [1.82, 2.24) is 0 Å². The second-order valence-electron chi connectivity index (χ2n) is 9.65. The smallest absolute Gasteiger partial charge is 0.307 e. The summed E-state index contributed by atoms with van der Waals surface area (Å²) in [4.78, 5) is 24.1. The SMILES string of the molecule is CC12CCC3C(CC3(C)C)C3(C1)OC(=O)CC(C(=O)O)C3CC2. The fourth-order valence-electron chi connectivity index (χ4n) is 6.67. The molecule has 6 unspecified atom stereocenters. The zero-order chi connectivity index (χ0) is 16.6. The van der Waals surface area contributed by atoms with E-state index < -0.39 is 17.5 Å². The highest BCUT2D eigenvalue weighted by molar-refractivity contribution is 5.81. The second-order valence-corrected chi connectivity index (χ2v) is 9.65. The molecule has 4 aliphatic rings. The standard InChI is InChI=1S/C19H28O4/c1-17(2)9-14-13(17)5-7-18(3)6-4-12-11(16(21)22)8-15(20)23-19(12,14)10-18/h11-14H,4-10H2,1-3H3,(H,21,22). The molecule has 3 saturated carbocycles. The third-order valence-electron chi connectivity index (χ3n) is 7.80. The molecule has 4 rings (SSSR count). The minimum Gasteiger partial charge on any atom is -0.481 e. The van der Waals surface area contributed by atoms with E-state index in [2.05, 4.69) is 20.8 Å². The van der Waals surface area contributed by atoms with E-state index in [1.807, 2.05) is 0 Å². The molecule has 4 heteroatoms. The minimum atomic E-state index is -0.811. The quantitative estimate of drug-likeness (QED) is 0.749. The van der Waals surface area contributed by atoms with Gasteiger partial charge in [0.25, 0.3) is 0 Å². The van der Waals surface area contributed by atoms with Gasteiger partial charge in [0.05, 0.1) is 12.3 Å². The molecule has 4 nitrogen and oxygen atoms in total. The first-order valence-corrected chi connectivity index (χ1v) is 9.12. The van der Waals surface area contributed by atoms with Crippen molar-refractivity contribution in [2.75, 3.05) is 0 Å². The molecule has 1 saturated heterocycles. The zero-order valence-electron chi connectivity index (χ0n) is 14.4. The second kappa shape index (κ2) is 4.52. The predicted octanol–water partition coefficient (Wildman–Crippen LogP) is 3.64. The molecule has 128 valence electrons. The Morgan fingerprint density at radius 2 is 1.78 bits per heavy atom. The number of ether oxygens (including phenoxy) is 1. The number of carbonyl (C=O) groups excluding carboxylic acids is 1. The van der Waals surface area contributed by atoms with Crippen molar-refractivity contribution in [2.24, 2.45) is 34.5 Å². The Balaban J connectivity index is 1.80. The van der Waals surface area contributed by atoms with Gasteiger partial charge in [-0.2, -0.15) is 0 Å². The molecule has 0 amide bonds. The normalized spacial score (nSPS) is 50.7. The van der Waals surface area contributed by atoms with Crippen molar-refractivity contribution >= 4 is 11.9 Å². The number of hydrogen-bond donors (Lipinski definition) is 1. The topological polar surface area (TPSA) is 63.6 Å². The minimum absolute atomic E-state index is 0.00692. The van der Waals surface area contributed by atoms with Crippen LogP contribution >= 0.6 is 0 Å². The molecule has 1 spiro atoms. The van der Waals surface area contributed by atoms with Gasteiger partial charge in [-0.15, -0.1) is 0 Å². The van der Waals surface area contributed by atoms with Gasteiger partial charge in [-0.05, 0) is 55.3 Å². The fourth-order valence-corrected chi connectivity index (χ4v) is 6.67. The van der Waals surface area contributed by atoms with Crippen molar-refractivity contribution < 1.29 is 19.4 Å². The van der Waals surface area contributed by atoms with Crippen LogP contribution in [0.3, 0.4) is 0 Å². The summed E-state index contributed by atoms with van der Waals surface area (Å²) in [5.74, 6) is -0.728. The first kappa shape index (κ1) is 15.5. The summed E-state index contributed by atoms with van der Waals surface area (Å²) in [5, 5.41) is 9.69. The van der Waals surface area contributed by atoms with Gasteiger partial charge in [-0.3, -0.25) is 9.59 Å². The highest BCUT2D eigenvalue weighted by Gasteiger charge is 2.68. The van der Waals surface area contributed by atoms with E-state index in [0.29, 0.717) is 17.3 Å². The molecular formula is C19H28O4. The molecule has 6 atom stereocenters. The summed E-state index contributed by atoms with van der Waals surface area (Å²) >= 11 is 0. The first-order valence-electron chi connectivity index (χ1n) is 9.12. The van der Waals surface area contributed by atoms with E-state index in [4.69, 9.17) is 4.74 Å². The Kier molecular flexibility index (Phi) is 3.04. The average Bonchev–Trinajstić information content (AvgIpc) is 2.49. The monoisotopic (exact) mass is 320 g/mol. The Bertz CT molecular complexity index is 568. The van der Waals surface area contributed by atoms with E-state index in [1.54, 1.807) is 0 Å². The van der Waals surface area contributed by atoms with Crippen molar-refractivity contribution in [3.63, 3.8) is 0 Å². The van der Waals surface area contributed by atoms with Crippen LogP contribution < -0.4 is 0 Å². The maximum Gasteiger partial charge on any atom is 0.307 e. The lowest BCUT2D eigenvalue weighted by molar-refractivity contribution is -0.242. The number of carboxylic acid groups (broad SMARTS) is 1.